The summed E-state index contributed by atoms with van der Waals surface area (Å²) in [6.07, 6.45) is 2.90. The highest BCUT2D eigenvalue weighted by atomic mass is 79.9. The summed E-state index contributed by atoms with van der Waals surface area (Å²) in [6.45, 7) is 0. The molecule has 0 aliphatic rings. The Morgan fingerprint density at radius 2 is 2.08 bits per heavy atom. The number of amides is 1. The van der Waals surface area contributed by atoms with Crippen molar-refractivity contribution < 1.29 is 9.53 Å². The second-order valence-corrected chi connectivity index (χ2v) is 6.54. The first-order valence-electron chi connectivity index (χ1n) is 7.65. The van der Waals surface area contributed by atoms with Gasteiger partial charge in [0.1, 0.15) is 0 Å². The Bertz CT molecular complexity index is 838. The Morgan fingerprint density at radius 1 is 1.38 bits per heavy atom. The van der Waals surface area contributed by atoms with Gasteiger partial charge in [0.15, 0.2) is 0 Å². The Kier molecular flexibility index (Phi) is 7.17. The van der Waals surface area contributed by atoms with E-state index in [4.69, 9.17) is 21.7 Å². The number of carbonyl (C=O) groups is 1. The molecule has 136 valence electrons. The standard InChI is InChI=1S/C18H18BrClN4O2/c1-22-17(15(19)9-21)14-8-13(10-23-18(14)26-2)24-16(25)7-11-3-5-12(20)6-4-11/h3-6,8-10,21-22H,7H2,1-2H3,(H,24,25)/b17-15+,21-9?. The van der Waals surface area contributed by atoms with E-state index < -0.39 is 0 Å². The van der Waals surface area contributed by atoms with Gasteiger partial charge in [0.25, 0.3) is 0 Å². The highest BCUT2D eigenvalue weighted by Gasteiger charge is 2.14. The van der Waals surface area contributed by atoms with E-state index in [-0.39, 0.29) is 12.3 Å². The van der Waals surface area contributed by atoms with Gasteiger partial charge in [-0.15, -0.1) is 0 Å². The maximum absolute atomic E-state index is 12.3. The predicted molar refractivity (Wildman–Crippen MR) is 108 cm³/mol. The number of allylic oxidation sites excluding steroid dienone is 1. The number of nitrogens with one attached hydrogen (secondary N) is 3. The molecule has 1 aromatic heterocycles. The zero-order valence-corrected chi connectivity index (χ0v) is 16.6. The van der Waals surface area contributed by atoms with Gasteiger partial charge in [-0.25, -0.2) is 4.98 Å². The summed E-state index contributed by atoms with van der Waals surface area (Å²) in [7, 11) is 3.24. The van der Waals surface area contributed by atoms with E-state index in [0.29, 0.717) is 32.3 Å². The van der Waals surface area contributed by atoms with Crippen LogP contribution in [0, 0.1) is 5.41 Å². The number of aromatic nitrogens is 1. The molecule has 2 aromatic rings. The van der Waals surface area contributed by atoms with Gasteiger partial charge in [0, 0.05) is 18.3 Å². The van der Waals surface area contributed by atoms with E-state index in [9.17, 15) is 4.79 Å². The average Bonchev–Trinajstić information content (AvgIpc) is 2.64. The van der Waals surface area contributed by atoms with E-state index >= 15 is 0 Å². The lowest BCUT2D eigenvalue weighted by Crippen LogP contribution is -2.15. The Labute approximate surface area is 165 Å². The lowest BCUT2D eigenvalue weighted by Gasteiger charge is -2.14. The Balaban J connectivity index is 2.24. The zero-order chi connectivity index (χ0) is 19.1. The van der Waals surface area contributed by atoms with E-state index in [0.717, 1.165) is 11.8 Å². The van der Waals surface area contributed by atoms with Crippen molar-refractivity contribution >= 4 is 51.0 Å². The van der Waals surface area contributed by atoms with Crippen LogP contribution in [-0.4, -0.2) is 31.3 Å². The first-order valence-corrected chi connectivity index (χ1v) is 8.82. The summed E-state index contributed by atoms with van der Waals surface area (Å²) in [4.78, 5) is 16.5. The van der Waals surface area contributed by atoms with E-state index in [1.165, 1.54) is 13.3 Å². The van der Waals surface area contributed by atoms with Crippen molar-refractivity contribution in [1.82, 2.24) is 10.3 Å². The fourth-order valence-electron chi connectivity index (χ4n) is 2.31. The van der Waals surface area contributed by atoms with Gasteiger partial charge in [-0.2, -0.15) is 0 Å². The smallest absolute Gasteiger partial charge is 0.228 e. The third kappa shape index (κ3) is 5.06. The van der Waals surface area contributed by atoms with Gasteiger partial charge in [-0.05, 0) is 39.7 Å². The third-order valence-corrected chi connectivity index (χ3v) is 4.37. The van der Waals surface area contributed by atoms with Gasteiger partial charge in [-0.1, -0.05) is 23.7 Å². The molecule has 0 saturated carbocycles. The van der Waals surface area contributed by atoms with Gasteiger partial charge in [0.05, 0.1) is 41.2 Å². The molecule has 8 heteroatoms. The molecule has 0 aliphatic carbocycles. The van der Waals surface area contributed by atoms with Crippen molar-refractivity contribution in [3.05, 3.63) is 57.2 Å². The van der Waals surface area contributed by atoms with Crippen LogP contribution in [0.5, 0.6) is 5.88 Å². The van der Waals surface area contributed by atoms with E-state index in [1.54, 1.807) is 25.2 Å². The summed E-state index contributed by atoms with van der Waals surface area (Å²) >= 11 is 9.18. The molecular formula is C18H18BrClN4O2. The van der Waals surface area contributed by atoms with Crippen molar-refractivity contribution in [2.75, 3.05) is 19.5 Å². The number of hydrogen-bond donors (Lipinski definition) is 3. The maximum atomic E-state index is 12.3. The number of pyridine rings is 1. The SMILES string of the molecule is CN/C(=C(/Br)C=N)c1cc(NC(=O)Cc2ccc(Cl)cc2)cnc1OC. The predicted octanol–water partition coefficient (Wildman–Crippen LogP) is 3.86. The van der Waals surface area contributed by atoms with Crippen LogP contribution in [0.4, 0.5) is 5.69 Å². The largest absolute Gasteiger partial charge is 0.481 e. The molecule has 0 fully saturated rings. The minimum atomic E-state index is -0.175. The number of ether oxygens (including phenoxy) is 1. The number of nitrogens with zero attached hydrogens (tertiary/aromatic N) is 1. The number of benzene rings is 1. The van der Waals surface area contributed by atoms with Crippen molar-refractivity contribution in [3.8, 4) is 5.88 Å². The Morgan fingerprint density at radius 3 is 2.65 bits per heavy atom. The van der Waals surface area contributed by atoms with Gasteiger partial charge >= 0.3 is 0 Å². The molecule has 0 spiro atoms. The molecule has 3 N–H and O–H groups in total. The number of carbonyl (C=O) groups excluding carboxylic acids is 1. The molecule has 1 amide bonds. The van der Waals surface area contributed by atoms with Crippen molar-refractivity contribution in [1.29, 1.82) is 5.41 Å². The van der Waals surface area contributed by atoms with Gasteiger partial charge < -0.3 is 20.8 Å². The molecule has 1 heterocycles. The lowest BCUT2D eigenvalue weighted by atomic mass is 10.1. The molecule has 0 saturated heterocycles. The average molecular weight is 438 g/mol. The molecule has 0 aliphatic heterocycles. The van der Waals surface area contributed by atoms with Crippen molar-refractivity contribution in [2.24, 2.45) is 0 Å². The molecular weight excluding hydrogens is 420 g/mol. The number of hydrogen-bond acceptors (Lipinski definition) is 5. The van der Waals surface area contributed by atoms with Crippen LogP contribution in [0.25, 0.3) is 5.70 Å². The third-order valence-electron chi connectivity index (χ3n) is 3.49. The fraction of sp³-hybridized carbons (Fsp3) is 0.167. The summed E-state index contributed by atoms with van der Waals surface area (Å²) in [5, 5.41) is 13.9. The molecule has 0 unspecified atom stereocenters. The topological polar surface area (TPSA) is 87.1 Å². The van der Waals surface area contributed by atoms with Crippen LogP contribution in [0.3, 0.4) is 0 Å². The fourth-order valence-corrected chi connectivity index (χ4v) is 2.85. The second-order valence-electron chi connectivity index (χ2n) is 5.25. The molecule has 6 nitrogen and oxygen atoms in total. The minimum absolute atomic E-state index is 0.175. The highest BCUT2D eigenvalue weighted by molar-refractivity contribution is 9.12. The Hall–Kier alpha value is -2.38. The van der Waals surface area contributed by atoms with Crippen LogP contribution >= 0.6 is 27.5 Å². The van der Waals surface area contributed by atoms with Crippen molar-refractivity contribution in [3.63, 3.8) is 0 Å². The maximum Gasteiger partial charge on any atom is 0.228 e. The molecule has 2 rings (SSSR count). The number of methoxy groups -OCH3 is 1. The summed E-state index contributed by atoms with van der Waals surface area (Å²) in [5.74, 6) is 0.204. The van der Waals surface area contributed by atoms with Crippen LogP contribution in [0.1, 0.15) is 11.1 Å². The lowest BCUT2D eigenvalue weighted by molar-refractivity contribution is -0.115. The molecule has 0 radical (unpaired) electrons. The van der Waals surface area contributed by atoms with Crippen LogP contribution < -0.4 is 15.4 Å². The highest BCUT2D eigenvalue weighted by Crippen LogP contribution is 2.28. The summed E-state index contributed by atoms with van der Waals surface area (Å²) < 4.78 is 5.82. The molecule has 0 atom stereocenters. The molecule has 0 bridgehead atoms. The van der Waals surface area contributed by atoms with Crippen molar-refractivity contribution in [2.45, 2.75) is 6.42 Å². The molecule has 26 heavy (non-hydrogen) atoms. The number of rotatable bonds is 7. The minimum Gasteiger partial charge on any atom is -0.481 e. The quantitative estimate of drug-likeness (QED) is 0.574. The first-order chi connectivity index (χ1) is 12.5. The van der Waals surface area contributed by atoms with E-state index in [2.05, 4.69) is 31.5 Å². The summed E-state index contributed by atoms with van der Waals surface area (Å²) in [5.41, 5.74) is 2.63. The number of halogens is 2. The van der Waals surface area contributed by atoms with Crippen LogP contribution in [0.15, 0.2) is 41.0 Å². The zero-order valence-electron chi connectivity index (χ0n) is 14.3. The van der Waals surface area contributed by atoms with Crippen LogP contribution in [0.2, 0.25) is 5.02 Å². The molecule has 1 aromatic carbocycles. The number of anilines is 1. The normalized spacial score (nSPS) is 11.4. The summed E-state index contributed by atoms with van der Waals surface area (Å²) in [6, 6.07) is 8.85. The van der Waals surface area contributed by atoms with Gasteiger partial charge in [-0.3, -0.25) is 4.79 Å². The van der Waals surface area contributed by atoms with Gasteiger partial charge in [0.2, 0.25) is 11.8 Å². The first kappa shape index (κ1) is 19.9. The monoisotopic (exact) mass is 436 g/mol. The van der Waals surface area contributed by atoms with Crippen LogP contribution in [-0.2, 0) is 11.2 Å². The second kappa shape index (κ2) is 9.35. The van der Waals surface area contributed by atoms with E-state index in [1.807, 2.05) is 12.1 Å².